The summed E-state index contributed by atoms with van der Waals surface area (Å²) in [5.41, 5.74) is 14.8. The first-order valence-corrected chi connectivity index (χ1v) is 15.7. The third-order valence-electron chi connectivity index (χ3n) is 7.45. The first kappa shape index (κ1) is 33.1. The highest BCUT2D eigenvalue weighted by molar-refractivity contribution is 7.98. The number of carbonyl (C=O) groups excluding carboxylic acids is 4. The van der Waals surface area contributed by atoms with Gasteiger partial charge in [0, 0.05) is 40.6 Å². The van der Waals surface area contributed by atoms with Gasteiger partial charge in [-0.25, -0.2) is 4.79 Å². The van der Waals surface area contributed by atoms with Gasteiger partial charge in [0.2, 0.25) is 23.6 Å². The molecule has 0 aliphatic heterocycles. The monoisotopic (exact) mass is 635 g/mol. The summed E-state index contributed by atoms with van der Waals surface area (Å²) >= 11 is 1.45. The number of para-hydroxylation sites is 2. The number of aliphatic carboxylic acids is 1. The number of hydrogen-bond acceptors (Lipinski definition) is 7. The first-order valence-electron chi connectivity index (χ1n) is 14.3. The molecule has 10 N–H and O–H groups in total. The molecule has 0 radical (unpaired) electrons. The van der Waals surface area contributed by atoms with Crippen molar-refractivity contribution < 1.29 is 29.1 Å². The van der Waals surface area contributed by atoms with Crippen molar-refractivity contribution >= 4 is 63.2 Å². The lowest BCUT2D eigenvalue weighted by Crippen LogP contribution is -2.58. The number of carboxylic acid groups (broad SMARTS) is 1. The fourth-order valence-electron chi connectivity index (χ4n) is 5.09. The number of nitrogens with two attached hydrogens (primary N) is 2. The number of hydrogen-bond donors (Lipinski definition) is 8. The van der Waals surface area contributed by atoms with Gasteiger partial charge < -0.3 is 42.5 Å². The zero-order chi connectivity index (χ0) is 32.5. The van der Waals surface area contributed by atoms with E-state index in [2.05, 4.69) is 25.9 Å². The molecule has 45 heavy (non-hydrogen) atoms. The normalized spacial score (nSPS) is 13.9. The molecule has 4 atom stereocenters. The quantitative estimate of drug-likeness (QED) is 0.0882. The molecule has 2 aromatic heterocycles. The summed E-state index contributed by atoms with van der Waals surface area (Å²) in [4.78, 5) is 69.9. The van der Waals surface area contributed by atoms with E-state index >= 15 is 0 Å². The topological polar surface area (TPSA) is 225 Å². The van der Waals surface area contributed by atoms with E-state index < -0.39 is 60.2 Å². The van der Waals surface area contributed by atoms with Gasteiger partial charge in [-0.15, -0.1) is 0 Å². The highest BCUT2D eigenvalue weighted by Crippen LogP contribution is 2.20. The van der Waals surface area contributed by atoms with E-state index in [-0.39, 0.29) is 19.3 Å². The molecule has 0 spiro atoms. The third-order valence-corrected chi connectivity index (χ3v) is 8.09. The molecular weight excluding hydrogens is 598 g/mol. The van der Waals surface area contributed by atoms with Gasteiger partial charge in [0.1, 0.15) is 18.1 Å². The van der Waals surface area contributed by atoms with Crippen LogP contribution in [0, 0.1) is 0 Å². The van der Waals surface area contributed by atoms with Crippen molar-refractivity contribution in [1.82, 2.24) is 25.9 Å². The number of H-pyrrole nitrogens is 2. The maximum absolute atomic E-state index is 13.4. The molecule has 4 amide bonds. The standard InChI is InChI=1S/C31H37N7O6S/c1-45-11-10-24(36-28(40)21(32)12-17-15-34-22-8-4-2-6-19(17)22)29(41)37-25(14-27(33)39)30(42)38-26(31(43)44)13-18-16-35-23-9-5-3-7-20(18)23/h2-9,15-16,21,24-26,34-35H,10-14,32H2,1H3,(H2,33,39)(H,36,40)(H,37,41)(H,38,42)(H,43,44). The van der Waals surface area contributed by atoms with Crippen molar-refractivity contribution in [2.75, 3.05) is 12.0 Å². The average molecular weight is 636 g/mol. The van der Waals surface area contributed by atoms with Crippen molar-refractivity contribution in [1.29, 1.82) is 0 Å². The van der Waals surface area contributed by atoms with E-state index in [0.717, 1.165) is 27.4 Å². The molecular formula is C31H37N7O6S. The lowest BCUT2D eigenvalue weighted by molar-refractivity contribution is -0.142. The van der Waals surface area contributed by atoms with Crippen LogP contribution in [0.2, 0.25) is 0 Å². The zero-order valence-electron chi connectivity index (χ0n) is 24.7. The van der Waals surface area contributed by atoms with Crippen LogP contribution in [-0.4, -0.2) is 80.8 Å². The number of amides is 4. The molecule has 0 saturated carbocycles. The Morgan fingerprint density at radius 1 is 0.778 bits per heavy atom. The Morgan fingerprint density at radius 2 is 1.29 bits per heavy atom. The Morgan fingerprint density at radius 3 is 1.84 bits per heavy atom. The van der Waals surface area contributed by atoms with E-state index in [1.807, 2.05) is 54.8 Å². The van der Waals surface area contributed by atoms with Gasteiger partial charge in [-0.2, -0.15) is 11.8 Å². The predicted molar refractivity (Wildman–Crippen MR) is 172 cm³/mol. The van der Waals surface area contributed by atoms with E-state index in [0.29, 0.717) is 11.3 Å². The third kappa shape index (κ3) is 8.64. The van der Waals surface area contributed by atoms with Gasteiger partial charge in [0.15, 0.2) is 0 Å². The fourth-order valence-corrected chi connectivity index (χ4v) is 5.56. The first-order chi connectivity index (χ1) is 21.6. The van der Waals surface area contributed by atoms with Crippen molar-refractivity contribution in [2.24, 2.45) is 11.5 Å². The molecule has 14 heteroatoms. The number of primary amides is 1. The lowest BCUT2D eigenvalue weighted by atomic mass is 10.0. The van der Waals surface area contributed by atoms with Crippen molar-refractivity contribution in [2.45, 2.75) is 49.9 Å². The Kier molecular flexibility index (Phi) is 11.2. The minimum atomic E-state index is -1.48. The summed E-state index contributed by atoms with van der Waals surface area (Å²) in [5, 5.41) is 19.2. The van der Waals surface area contributed by atoms with Crippen LogP contribution in [0.15, 0.2) is 60.9 Å². The summed E-state index contributed by atoms with van der Waals surface area (Å²) < 4.78 is 0. The van der Waals surface area contributed by atoms with Gasteiger partial charge in [0.25, 0.3) is 0 Å². The molecule has 2 aromatic carbocycles. The van der Waals surface area contributed by atoms with Crippen molar-refractivity contribution in [3.8, 4) is 0 Å². The molecule has 4 aromatic rings. The van der Waals surface area contributed by atoms with Crippen LogP contribution >= 0.6 is 11.8 Å². The molecule has 0 bridgehead atoms. The Bertz CT molecular complexity index is 1680. The number of benzene rings is 2. The molecule has 0 aliphatic rings. The number of nitrogens with one attached hydrogen (secondary N) is 5. The maximum atomic E-state index is 13.4. The van der Waals surface area contributed by atoms with Gasteiger partial charge >= 0.3 is 5.97 Å². The zero-order valence-corrected chi connectivity index (χ0v) is 25.5. The second-order valence-electron chi connectivity index (χ2n) is 10.7. The smallest absolute Gasteiger partial charge is 0.326 e. The largest absolute Gasteiger partial charge is 0.480 e. The highest BCUT2D eigenvalue weighted by Gasteiger charge is 2.31. The van der Waals surface area contributed by atoms with Crippen LogP contribution in [-0.2, 0) is 36.8 Å². The van der Waals surface area contributed by atoms with Crippen LogP contribution in [0.3, 0.4) is 0 Å². The number of rotatable bonds is 16. The second kappa shape index (κ2) is 15.3. The summed E-state index contributed by atoms with van der Waals surface area (Å²) in [7, 11) is 0. The van der Waals surface area contributed by atoms with Crippen LogP contribution in [0.5, 0.6) is 0 Å². The van der Waals surface area contributed by atoms with E-state index in [1.54, 1.807) is 12.4 Å². The Hall–Kier alpha value is -4.82. The molecule has 4 rings (SSSR count). The van der Waals surface area contributed by atoms with E-state index in [1.165, 1.54) is 11.8 Å². The summed E-state index contributed by atoms with van der Waals surface area (Å²) in [6.45, 7) is 0. The van der Waals surface area contributed by atoms with Crippen LogP contribution in [0.25, 0.3) is 21.8 Å². The second-order valence-corrected chi connectivity index (χ2v) is 11.7. The van der Waals surface area contributed by atoms with E-state index in [9.17, 15) is 29.1 Å². The number of thioether (sulfide) groups is 1. The van der Waals surface area contributed by atoms with Crippen molar-refractivity contribution in [3.05, 3.63) is 72.1 Å². The molecule has 0 fully saturated rings. The summed E-state index contributed by atoms with van der Waals surface area (Å²) in [6.07, 6.45) is 5.07. The van der Waals surface area contributed by atoms with Crippen LogP contribution < -0.4 is 27.4 Å². The number of aromatic amines is 2. The summed E-state index contributed by atoms with van der Waals surface area (Å²) in [5.74, 6) is -3.89. The molecule has 2 heterocycles. The molecule has 13 nitrogen and oxygen atoms in total. The maximum Gasteiger partial charge on any atom is 0.326 e. The van der Waals surface area contributed by atoms with Crippen LogP contribution in [0.1, 0.15) is 24.0 Å². The predicted octanol–water partition coefficient (Wildman–Crippen LogP) is 0.929. The van der Waals surface area contributed by atoms with Gasteiger partial charge in [-0.3, -0.25) is 19.2 Å². The average Bonchev–Trinajstić information content (AvgIpc) is 3.62. The number of aromatic nitrogens is 2. The highest BCUT2D eigenvalue weighted by atomic mass is 32.2. The van der Waals surface area contributed by atoms with Gasteiger partial charge in [0.05, 0.1) is 12.5 Å². The van der Waals surface area contributed by atoms with E-state index in [4.69, 9.17) is 11.5 Å². The number of carboxylic acids is 1. The molecule has 0 aliphatic carbocycles. The molecule has 4 unspecified atom stereocenters. The molecule has 0 saturated heterocycles. The Balaban J connectivity index is 1.44. The number of carbonyl (C=O) groups is 5. The number of fused-ring (bicyclic) bond motifs is 2. The Labute approximate surface area is 263 Å². The van der Waals surface area contributed by atoms with Gasteiger partial charge in [-0.05, 0) is 48.1 Å². The van der Waals surface area contributed by atoms with Crippen molar-refractivity contribution in [3.63, 3.8) is 0 Å². The fraction of sp³-hybridized carbons (Fsp3) is 0.323. The lowest BCUT2D eigenvalue weighted by Gasteiger charge is -2.24. The summed E-state index contributed by atoms with van der Waals surface area (Å²) in [6, 6.07) is 10.0. The SMILES string of the molecule is CSCCC(NC(=O)C(N)Cc1c[nH]c2ccccc12)C(=O)NC(CC(N)=O)C(=O)NC(Cc1c[nH]c2ccccc12)C(=O)O. The minimum absolute atomic E-state index is 0.0525. The minimum Gasteiger partial charge on any atom is -0.480 e. The molecule has 238 valence electrons. The van der Waals surface area contributed by atoms with Gasteiger partial charge in [-0.1, -0.05) is 36.4 Å². The van der Waals surface area contributed by atoms with Crippen LogP contribution in [0.4, 0.5) is 0 Å².